The van der Waals surface area contributed by atoms with Crippen molar-refractivity contribution in [1.29, 1.82) is 0 Å². The molecule has 1 N–H and O–H groups in total. The highest BCUT2D eigenvalue weighted by atomic mass is 16.5. The monoisotopic (exact) mass is 292 g/mol. The van der Waals surface area contributed by atoms with E-state index in [1.165, 1.54) is 5.56 Å². The van der Waals surface area contributed by atoms with E-state index in [0.717, 1.165) is 44.2 Å². The van der Waals surface area contributed by atoms with E-state index in [0.29, 0.717) is 12.1 Å². The van der Waals surface area contributed by atoms with E-state index in [-0.39, 0.29) is 0 Å². The minimum absolute atomic E-state index is 0.296. The first-order valence-electron chi connectivity index (χ1n) is 7.96. The van der Waals surface area contributed by atoms with Gasteiger partial charge in [-0.05, 0) is 45.1 Å². The summed E-state index contributed by atoms with van der Waals surface area (Å²) in [5.74, 6) is 1.74. The molecule has 0 fully saturated rings. The van der Waals surface area contributed by atoms with E-state index in [2.05, 4.69) is 43.1 Å². The summed E-state index contributed by atoms with van der Waals surface area (Å²) in [5.41, 5.74) is 1.25. The van der Waals surface area contributed by atoms with E-state index in [1.54, 1.807) is 0 Å². The van der Waals surface area contributed by atoms with E-state index < -0.39 is 0 Å². The molecule has 1 aromatic rings. The van der Waals surface area contributed by atoms with Crippen molar-refractivity contribution >= 4 is 0 Å². The molecule has 1 aliphatic heterocycles. The van der Waals surface area contributed by atoms with Crippen LogP contribution < -0.4 is 14.8 Å². The fraction of sp³-hybridized carbons (Fsp3) is 0.647. The van der Waals surface area contributed by atoms with Crippen molar-refractivity contribution in [3.8, 4) is 11.5 Å². The summed E-state index contributed by atoms with van der Waals surface area (Å²) >= 11 is 0. The van der Waals surface area contributed by atoms with Crippen LogP contribution in [0.5, 0.6) is 11.5 Å². The van der Waals surface area contributed by atoms with Gasteiger partial charge in [-0.1, -0.05) is 13.0 Å². The first-order chi connectivity index (χ1) is 10.2. The average molecular weight is 292 g/mol. The number of rotatable bonds is 6. The van der Waals surface area contributed by atoms with E-state index >= 15 is 0 Å². The van der Waals surface area contributed by atoms with Crippen LogP contribution in [-0.4, -0.2) is 44.3 Å². The molecule has 1 unspecified atom stereocenters. The largest absolute Gasteiger partial charge is 0.490 e. The second kappa shape index (κ2) is 7.66. The van der Waals surface area contributed by atoms with Crippen molar-refractivity contribution in [2.75, 3.05) is 33.4 Å². The molecule has 1 aliphatic rings. The third-order valence-electron chi connectivity index (χ3n) is 4.08. The first-order valence-corrected chi connectivity index (χ1v) is 7.96. The molecule has 0 saturated heterocycles. The summed E-state index contributed by atoms with van der Waals surface area (Å²) in [7, 11) is 2.02. The van der Waals surface area contributed by atoms with Crippen LogP contribution in [0.15, 0.2) is 18.2 Å². The number of hydrogen-bond acceptors (Lipinski definition) is 4. The lowest BCUT2D eigenvalue weighted by Crippen LogP contribution is -2.38. The number of benzene rings is 1. The van der Waals surface area contributed by atoms with Crippen LogP contribution in [0.25, 0.3) is 0 Å². The van der Waals surface area contributed by atoms with Gasteiger partial charge in [-0.15, -0.1) is 0 Å². The number of likely N-dealkylation sites (N-methyl/N-ethyl adjacent to an activating group) is 2. The van der Waals surface area contributed by atoms with Crippen LogP contribution in [0.2, 0.25) is 0 Å². The molecular formula is C17H28N2O2. The molecule has 0 aliphatic carbocycles. The standard InChI is InChI=1S/C17H28N2O2/c1-5-19(13(2)3)12-15(18-4)14-7-8-16-17(11-14)21-10-6-9-20-16/h7-8,11,13,15,18H,5-6,9-10,12H2,1-4H3. The van der Waals surface area contributed by atoms with Crippen molar-refractivity contribution in [2.45, 2.75) is 39.3 Å². The van der Waals surface area contributed by atoms with Crippen molar-refractivity contribution in [3.05, 3.63) is 23.8 Å². The minimum Gasteiger partial charge on any atom is -0.490 e. The lowest BCUT2D eigenvalue weighted by atomic mass is 10.0. The van der Waals surface area contributed by atoms with Crippen LogP contribution in [0.1, 0.15) is 38.8 Å². The fourth-order valence-corrected chi connectivity index (χ4v) is 2.70. The van der Waals surface area contributed by atoms with Gasteiger partial charge < -0.3 is 14.8 Å². The fourth-order valence-electron chi connectivity index (χ4n) is 2.70. The summed E-state index contributed by atoms with van der Waals surface area (Å²) < 4.78 is 11.5. The van der Waals surface area contributed by atoms with Crippen LogP contribution in [-0.2, 0) is 0 Å². The summed E-state index contributed by atoms with van der Waals surface area (Å²) in [6, 6.07) is 7.14. The predicted octanol–water partition coefficient (Wildman–Crippen LogP) is 2.84. The van der Waals surface area contributed by atoms with E-state index in [1.807, 2.05) is 13.1 Å². The second-order valence-electron chi connectivity index (χ2n) is 5.78. The van der Waals surface area contributed by atoms with Crippen molar-refractivity contribution < 1.29 is 9.47 Å². The summed E-state index contributed by atoms with van der Waals surface area (Å²) in [5, 5.41) is 3.42. The summed E-state index contributed by atoms with van der Waals surface area (Å²) in [6.45, 7) is 10.2. The lowest BCUT2D eigenvalue weighted by molar-refractivity contribution is 0.210. The molecule has 1 aromatic carbocycles. The van der Waals surface area contributed by atoms with E-state index in [9.17, 15) is 0 Å². The zero-order valence-electron chi connectivity index (χ0n) is 13.7. The molecule has 2 rings (SSSR count). The van der Waals surface area contributed by atoms with Crippen LogP contribution >= 0.6 is 0 Å². The van der Waals surface area contributed by atoms with Crippen molar-refractivity contribution in [3.63, 3.8) is 0 Å². The number of ether oxygens (including phenoxy) is 2. The molecule has 0 bridgehead atoms. The van der Waals surface area contributed by atoms with Gasteiger partial charge in [-0.25, -0.2) is 0 Å². The predicted molar refractivity (Wildman–Crippen MR) is 86.2 cm³/mol. The highest BCUT2D eigenvalue weighted by molar-refractivity contribution is 5.44. The van der Waals surface area contributed by atoms with Gasteiger partial charge >= 0.3 is 0 Å². The zero-order valence-corrected chi connectivity index (χ0v) is 13.7. The summed E-state index contributed by atoms with van der Waals surface area (Å²) in [6.07, 6.45) is 0.941. The maximum atomic E-state index is 5.80. The smallest absolute Gasteiger partial charge is 0.161 e. The Balaban J connectivity index is 2.16. The molecule has 0 radical (unpaired) electrons. The van der Waals surface area contributed by atoms with Gasteiger partial charge in [0.1, 0.15) is 0 Å². The van der Waals surface area contributed by atoms with Crippen molar-refractivity contribution in [2.24, 2.45) is 0 Å². The quantitative estimate of drug-likeness (QED) is 0.874. The maximum absolute atomic E-state index is 5.80. The van der Waals surface area contributed by atoms with Gasteiger partial charge in [0.25, 0.3) is 0 Å². The number of fused-ring (bicyclic) bond motifs is 1. The second-order valence-corrected chi connectivity index (χ2v) is 5.78. The Labute approximate surface area is 128 Å². The Bertz CT molecular complexity index is 448. The molecule has 4 heteroatoms. The van der Waals surface area contributed by atoms with Gasteiger partial charge in [-0.2, -0.15) is 0 Å². The molecule has 1 heterocycles. The van der Waals surface area contributed by atoms with Crippen molar-refractivity contribution in [1.82, 2.24) is 10.2 Å². The molecule has 4 nitrogen and oxygen atoms in total. The molecule has 0 saturated carbocycles. The van der Waals surface area contributed by atoms with Crippen LogP contribution in [0.3, 0.4) is 0 Å². The molecular weight excluding hydrogens is 264 g/mol. The SMILES string of the molecule is CCN(CC(NC)c1ccc2c(c1)OCCCO2)C(C)C. The third kappa shape index (κ3) is 4.11. The average Bonchev–Trinajstić information content (AvgIpc) is 2.72. The maximum Gasteiger partial charge on any atom is 0.161 e. The molecule has 0 amide bonds. The number of nitrogens with one attached hydrogen (secondary N) is 1. The first kappa shape index (κ1) is 16.1. The Morgan fingerprint density at radius 2 is 1.90 bits per heavy atom. The Morgan fingerprint density at radius 1 is 1.19 bits per heavy atom. The highest BCUT2D eigenvalue weighted by Gasteiger charge is 2.18. The number of nitrogens with zero attached hydrogens (tertiary/aromatic N) is 1. The highest BCUT2D eigenvalue weighted by Crippen LogP contribution is 2.32. The Morgan fingerprint density at radius 3 is 2.52 bits per heavy atom. The Hall–Kier alpha value is -1.26. The Kier molecular flexibility index (Phi) is 5.88. The van der Waals surface area contributed by atoms with Crippen LogP contribution in [0.4, 0.5) is 0 Å². The summed E-state index contributed by atoms with van der Waals surface area (Å²) in [4.78, 5) is 2.46. The lowest BCUT2D eigenvalue weighted by Gasteiger charge is -2.30. The van der Waals surface area contributed by atoms with Gasteiger partial charge in [-0.3, -0.25) is 4.90 Å². The third-order valence-corrected chi connectivity index (χ3v) is 4.08. The normalized spacial score (nSPS) is 16.1. The van der Waals surface area contributed by atoms with Gasteiger partial charge in [0.15, 0.2) is 11.5 Å². The molecule has 0 spiro atoms. The minimum atomic E-state index is 0.296. The van der Waals surface area contributed by atoms with E-state index in [4.69, 9.17) is 9.47 Å². The molecule has 21 heavy (non-hydrogen) atoms. The molecule has 118 valence electrons. The van der Waals surface area contributed by atoms with Gasteiger partial charge in [0.2, 0.25) is 0 Å². The van der Waals surface area contributed by atoms with Gasteiger partial charge in [0, 0.05) is 25.0 Å². The van der Waals surface area contributed by atoms with Crippen LogP contribution in [0, 0.1) is 0 Å². The number of hydrogen-bond donors (Lipinski definition) is 1. The molecule has 0 aromatic heterocycles. The molecule has 1 atom stereocenters. The van der Waals surface area contributed by atoms with Gasteiger partial charge in [0.05, 0.1) is 13.2 Å². The topological polar surface area (TPSA) is 33.7 Å². The zero-order chi connectivity index (χ0) is 15.2.